The van der Waals surface area contributed by atoms with Crippen molar-refractivity contribution in [2.45, 2.75) is 74.9 Å². The van der Waals surface area contributed by atoms with E-state index in [2.05, 4.69) is 15.4 Å². The number of carbonyl (C=O) groups excluding carboxylic acids is 3. The molecule has 2 aromatic carbocycles. The van der Waals surface area contributed by atoms with Gasteiger partial charge in [0.25, 0.3) is 5.97 Å². The molecule has 3 amide bonds. The highest BCUT2D eigenvalue weighted by Gasteiger charge is 2.40. The summed E-state index contributed by atoms with van der Waals surface area (Å²) in [7, 11) is -4.19. The topological polar surface area (TPSA) is 215 Å². The summed E-state index contributed by atoms with van der Waals surface area (Å²) in [4.78, 5) is 51.7. The molecule has 1 heterocycles. The first-order valence-electron chi connectivity index (χ1n) is 15.5. The van der Waals surface area contributed by atoms with Crippen molar-refractivity contribution in [3.63, 3.8) is 0 Å². The van der Waals surface area contributed by atoms with Crippen LogP contribution in [0, 0.1) is 11.3 Å². The van der Waals surface area contributed by atoms with Crippen LogP contribution in [0.25, 0.3) is 10.8 Å². The number of nitrogens with two attached hydrogens (primary N) is 1. The molecule has 0 unspecified atom stereocenters. The van der Waals surface area contributed by atoms with Gasteiger partial charge in [0.1, 0.15) is 6.04 Å². The van der Waals surface area contributed by atoms with Gasteiger partial charge < -0.3 is 31.3 Å². The molecule has 2 aliphatic carbocycles. The molecule has 46 heavy (non-hydrogen) atoms. The summed E-state index contributed by atoms with van der Waals surface area (Å²) in [5.74, 6) is -2.13. The number of sulfonamides is 1. The van der Waals surface area contributed by atoms with Gasteiger partial charge in [0.05, 0.1) is 17.9 Å². The summed E-state index contributed by atoms with van der Waals surface area (Å²) in [6, 6.07) is 10.6. The zero-order valence-corrected chi connectivity index (χ0v) is 26.7. The van der Waals surface area contributed by atoms with Crippen molar-refractivity contribution in [2.24, 2.45) is 11.7 Å². The van der Waals surface area contributed by atoms with E-state index >= 15 is 0 Å². The van der Waals surface area contributed by atoms with Gasteiger partial charge in [0.15, 0.2) is 5.96 Å². The predicted molar refractivity (Wildman–Crippen MR) is 171 cm³/mol. The zero-order valence-electron chi connectivity index (χ0n) is 25.9. The summed E-state index contributed by atoms with van der Waals surface area (Å²) < 4.78 is 29.6. The molecule has 5 rings (SSSR count). The maximum Gasteiger partial charge on any atom is 0.300 e. The van der Waals surface area contributed by atoms with Gasteiger partial charge in [-0.1, -0.05) is 30.3 Å². The molecule has 7 N–H and O–H groups in total. The van der Waals surface area contributed by atoms with Crippen LogP contribution >= 0.6 is 0 Å². The largest absolute Gasteiger partial charge is 0.481 e. The number of benzene rings is 2. The number of piperidine rings is 1. The minimum atomic E-state index is -4.19. The molecule has 2 saturated carbocycles. The van der Waals surface area contributed by atoms with Gasteiger partial charge in [-0.15, -0.1) is 0 Å². The fourth-order valence-electron chi connectivity index (χ4n) is 5.36. The van der Waals surface area contributed by atoms with E-state index in [1.807, 2.05) is 18.2 Å². The first-order valence-corrected chi connectivity index (χ1v) is 17.0. The van der Waals surface area contributed by atoms with Gasteiger partial charge in [-0.2, -0.15) is 4.72 Å². The first kappa shape index (κ1) is 34.6. The van der Waals surface area contributed by atoms with Gasteiger partial charge in [-0.05, 0) is 67.3 Å². The Kier molecular flexibility index (Phi) is 11.6. The highest BCUT2D eigenvalue weighted by molar-refractivity contribution is 7.89. The second-order valence-corrected chi connectivity index (χ2v) is 13.8. The third kappa shape index (κ3) is 10.4. The van der Waals surface area contributed by atoms with Crippen molar-refractivity contribution in [3.8, 4) is 0 Å². The van der Waals surface area contributed by atoms with Crippen LogP contribution in [0.1, 0.15) is 51.9 Å². The Morgan fingerprint density at radius 1 is 1.04 bits per heavy atom. The molecule has 0 spiro atoms. The molecule has 0 aromatic heterocycles. The van der Waals surface area contributed by atoms with E-state index in [9.17, 15) is 22.8 Å². The Morgan fingerprint density at radius 3 is 2.35 bits per heavy atom. The number of carbonyl (C=O) groups is 4. The second kappa shape index (κ2) is 15.4. The van der Waals surface area contributed by atoms with Crippen LogP contribution in [0.4, 0.5) is 0 Å². The van der Waals surface area contributed by atoms with Crippen LogP contribution in [0.5, 0.6) is 0 Å². The lowest BCUT2D eigenvalue weighted by molar-refractivity contribution is -0.139. The normalized spacial score (nSPS) is 18.5. The summed E-state index contributed by atoms with van der Waals surface area (Å²) >= 11 is 0. The molecule has 250 valence electrons. The van der Waals surface area contributed by atoms with E-state index in [1.165, 1.54) is 17.0 Å². The fraction of sp³-hybridized carbons (Fsp3) is 0.516. The average molecular weight is 658 g/mol. The number of nitrogens with one attached hydrogen (secondary N) is 4. The van der Waals surface area contributed by atoms with Crippen molar-refractivity contribution in [3.05, 3.63) is 42.5 Å². The lowest BCUT2D eigenvalue weighted by Gasteiger charge is -2.33. The molecule has 1 aliphatic heterocycles. The standard InChI is InChI=1S/C29H39N7O5S.C2H4O2/c30-29(31)35-13-3-4-19(17-35)16-32-26(37)15-25(28(39)36(23-10-11-23)18-27(38)33-22-8-9-22)34-42(40,41)24-12-7-20-5-1-2-6-21(20)14-24;1-2(3)4/h1-2,5-7,12,14,19,22-23,25,34H,3-4,8-11,13,15-18H2,(H3,30,31)(H,32,37)(H,33,38);1H3,(H,3,4)/t19-,25-;/m0./s1. The van der Waals surface area contributed by atoms with E-state index in [4.69, 9.17) is 21.0 Å². The number of aliphatic carboxylic acids is 1. The van der Waals surface area contributed by atoms with E-state index < -0.39 is 40.3 Å². The van der Waals surface area contributed by atoms with Crippen LogP contribution in [-0.2, 0) is 29.2 Å². The average Bonchev–Trinajstić information content (AvgIpc) is 3.94. The van der Waals surface area contributed by atoms with Crippen LogP contribution in [0.15, 0.2) is 47.4 Å². The van der Waals surface area contributed by atoms with E-state index in [0.717, 1.165) is 43.4 Å². The van der Waals surface area contributed by atoms with Crippen molar-refractivity contribution < 1.29 is 32.7 Å². The smallest absolute Gasteiger partial charge is 0.300 e. The maximum atomic E-state index is 13.8. The Bertz CT molecular complexity index is 1560. The highest BCUT2D eigenvalue weighted by atomic mass is 32.2. The number of hydrogen-bond donors (Lipinski definition) is 6. The van der Waals surface area contributed by atoms with E-state index in [1.54, 1.807) is 17.0 Å². The summed E-state index contributed by atoms with van der Waals surface area (Å²) in [5, 5.41) is 22.4. The number of amides is 3. The SMILES string of the molecule is CC(=O)O.N=C(N)N1CCC[C@@H](CNC(=O)C[C@H](NS(=O)(=O)c2ccc3ccccc3c2)C(=O)N(CC(=O)NC2CC2)C2CC2)C1. The second-order valence-electron chi connectivity index (χ2n) is 12.1. The molecular weight excluding hydrogens is 614 g/mol. The lowest BCUT2D eigenvalue weighted by Crippen LogP contribution is -2.53. The summed E-state index contributed by atoms with van der Waals surface area (Å²) in [5.41, 5.74) is 5.63. The number of hydrogen-bond acceptors (Lipinski definition) is 7. The van der Waals surface area contributed by atoms with Crippen molar-refractivity contribution in [1.29, 1.82) is 5.41 Å². The number of nitrogens with zero attached hydrogens (tertiary/aromatic N) is 2. The Hall–Kier alpha value is -4.24. The molecule has 2 aromatic rings. The van der Waals surface area contributed by atoms with Crippen LogP contribution < -0.4 is 21.1 Å². The van der Waals surface area contributed by atoms with Crippen molar-refractivity contribution >= 4 is 50.4 Å². The van der Waals surface area contributed by atoms with Crippen LogP contribution in [0.3, 0.4) is 0 Å². The highest BCUT2D eigenvalue weighted by Crippen LogP contribution is 2.28. The molecule has 3 fully saturated rings. The number of guanidine groups is 1. The number of carboxylic acid groups (broad SMARTS) is 1. The van der Waals surface area contributed by atoms with Crippen molar-refractivity contribution in [2.75, 3.05) is 26.2 Å². The van der Waals surface area contributed by atoms with Crippen molar-refractivity contribution in [1.82, 2.24) is 25.2 Å². The number of likely N-dealkylation sites (tertiary alicyclic amines) is 1. The predicted octanol–water partition coefficient (Wildman–Crippen LogP) is 0.959. The molecule has 14 nitrogen and oxygen atoms in total. The Balaban J connectivity index is 0.00000113. The van der Waals surface area contributed by atoms with Gasteiger partial charge in [0.2, 0.25) is 27.7 Å². The Morgan fingerprint density at radius 2 is 1.72 bits per heavy atom. The van der Waals surface area contributed by atoms with E-state index in [-0.39, 0.29) is 41.3 Å². The zero-order chi connectivity index (χ0) is 33.4. The number of carboxylic acids is 1. The van der Waals surface area contributed by atoms with Gasteiger partial charge in [-0.25, -0.2) is 8.42 Å². The summed E-state index contributed by atoms with van der Waals surface area (Å²) in [6.07, 6.45) is 4.52. The third-order valence-corrected chi connectivity index (χ3v) is 9.46. The quantitative estimate of drug-likeness (QED) is 0.141. The maximum absolute atomic E-state index is 13.8. The molecule has 3 aliphatic rings. The lowest BCUT2D eigenvalue weighted by atomic mass is 9.98. The molecule has 2 atom stereocenters. The third-order valence-electron chi connectivity index (χ3n) is 7.99. The number of fused-ring (bicyclic) bond motifs is 1. The minimum absolute atomic E-state index is 0.00863. The number of rotatable bonds is 12. The van der Waals surface area contributed by atoms with Crippen LogP contribution in [-0.4, -0.2) is 97.3 Å². The minimum Gasteiger partial charge on any atom is -0.481 e. The molecule has 0 bridgehead atoms. The Labute approximate surface area is 268 Å². The fourth-order valence-corrected chi connectivity index (χ4v) is 6.59. The first-order chi connectivity index (χ1) is 21.8. The monoisotopic (exact) mass is 657 g/mol. The van der Waals surface area contributed by atoms with Gasteiger partial charge in [-0.3, -0.25) is 24.6 Å². The summed E-state index contributed by atoms with van der Waals surface area (Å²) in [6.45, 7) is 2.45. The molecule has 1 saturated heterocycles. The molecule has 0 radical (unpaired) electrons. The van der Waals surface area contributed by atoms with Gasteiger partial charge >= 0.3 is 0 Å². The van der Waals surface area contributed by atoms with Crippen LogP contribution in [0.2, 0.25) is 0 Å². The molecular formula is C31H43N7O7S. The van der Waals surface area contributed by atoms with E-state index in [0.29, 0.717) is 32.5 Å². The molecule has 15 heteroatoms. The van der Waals surface area contributed by atoms with Gasteiger partial charge in [0, 0.05) is 38.6 Å².